The minimum Gasteiger partial charge on any atom is -0.444 e. The number of piperidine rings is 1. The van der Waals surface area contributed by atoms with Crippen molar-refractivity contribution < 1.29 is 13.9 Å². The molecule has 1 aliphatic rings. The highest BCUT2D eigenvalue weighted by Crippen LogP contribution is 2.28. The van der Waals surface area contributed by atoms with E-state index in [-0.39, 0.29) is 25.9 Å². The monoisotopic (exact) mass is 244 g/mol. The summed E-state index contributed by atoms with van der Waals surface area (Å²) >= 11 is 0. The number of carbonyl (C=O) groups excluding carboxylic acids is 1. The van der Waals surface area contributed by atoms with E-state index in [2.05, 4.69) is 10.0 Å². The number of likely N-dealkylation sites (tertiary alicyclic amines) is 1. The van der Waals surface area contributed by atoms with E-state index in [1.54, 1.807) is 20.8 Å². The maximum absolute atomic E-state index is 13.7. The van der Waals surface area contributed by atoms with Crippen LogP contribution in [0.25, 0.3) is 10.4 Å². The van der Waals surface area contributed by atoms with Crippen molar-refractivity contribution in [2.75, 3.05) is 13.1 Å². The Bertz CT molecular complexity index is 339. The molecule has 0 saturated carbocycles. The second kappa shape index (κ2) is 4.79. The van der Waals surface area contributed by atoms with Gasteiger partial charge in [-0.25, -0.2) is 9.18 Å². The lowest BCUT2D eigenvalue weighted by Gasteiger charge is -2.34. The number of alkyl halides is 1. The van der Waals surface area contributed by atoms with Crippen LogP contribution in [0.5, 0.6) is 0 Å². The summed E-state index contributed by atoms with van der Waals surface area (Å²) in [6.07, 6.45) is -0.437. The van der Waals surface area contributed by atoms with Gasteiger partial charge in [0.25, 0.3) is 0 Å². The van der Waals surface area contributed by atoms with Crippen molar-refractivity contribution in [2.45, 2.75) is 45.0 Å². The highest BCUT2D eigenvalue weighted by atomic mass is 19.1. The zero-order valence-corrected chi connectivity index (χ0v) is 10.3. The van der Waals surface area contributed by atoms with E-state index in [1.807, 2.05) is 0 Å². The van der Waals surface area contributed by atoms with Crippen molar-refractivity contribution in [3.8, 4) is 0 Å². The van der Waals surface area contributed by atoms with Gasteiger partial charge >= 0.3 is 6.09 Å². The van der Waals surface area contributed by atoms with Gasteiger partial charge in [0.05, 0.1) is 0 Å². The van der Waals surface area contributed by atoms with E-state index >= 15 is 0 Å². The third-order valence-corrected chi connectivity index (χ3v) is 2.41. The fraction of sp³-hybridized carbons (Fsp3) is 0.900. The second-order valence-corrected chi connectivity index (χ2v) is 5.07. The van der Waals surface area contributed by atoms with Gasteiger partial charge in [-0.1, -0.05) is 5.11 Å². The van der Waals surface area contributed by atoms with Gasteiger partial charge < -0.3 is 9.64 Å². The molecule has 96 valence electrons. The first-order chi connectivity index (χ1) is 7.76. The molecule has 17 heavy (non-hydrogen) atoms. The zero-order valence-electron chi connectivity index (χ0n) is 10.3. The molecule has 0 N–H and O–H groups in total. The molecule has 1 saturated heterocycles. The Morgan fingerprint density at radius 3 is 2.41 bits per heavy atom. The van der Waals surface area contributed by atoms with Crippen molar-refractivity contribution in [3.63, 3.8) is 0 Å². The number of amides is 1. The molecule has 1 heterocycles. The van der Waals surface area contributed by atoms with E-state index in [9.17, 15) is 9.18 Å². The van der Waals surface area contributed by atoms with Gasteiger partial charge in [-0.05, 0) is 26.3 Å². The minimum atomic E-state index is -1.87. The summed E-state index contributed by atoms with van der Waals surface area (Å²) in [5.41, 5.74) is 7.66. The standard InChI is InChI=1S/C10H17FN4O2/c1-9(2,3)17-8(16)15-6-4-10(11,5-7-15)13-14-12/h4-7H2,1-3H3. The number of hydrogen-bond donors (Lipinski definition) is 0. The molecular formula is C10H17FN4O2. The molecule has 1 fully saturated rings. The molecule has 0 aromatic rings. The zero-order chi connectivity index (χ0) is 13.1. The lowest BCUT2D eigenvalue weighted by atomic mass is 10.0. The Morgan fingerprint density at radius 2 is 2.00 bits per heavy atom. The van der Waals surface area contributed by atoms with Crippen LogP contribution >= 0.6 is 0 Å². The van der Waals surface area contributed by atoms with Crippen molar-refractivity contribution >= 4 is 6.09 Å². The fourth-order valence-corrected chi connectivity index (χ4v) is 1.54. The molecular weight excluding hydrogens is 227 g/mol. The maximum atomic E-state index is 13.7. The summed E-state index contributed by atoms with van der Waals surface area (Å²) in [7, 11) is 0. The first kappa shape index (κ1) is 13.6. The van der Waals surface area contributed by atoms with Crippen LogP contribution in [-0.4, -0.2) is 35.5 Å². The number of nitrogens with zero attached hydrogens (tertiary/aromatic N) is 4. The van der Waals surface area contributed by atoms with Crippen molar-refractivity contribution in [1.29, 1.82) is 0 Å². The maximum Gasteiger partial charge on any atom is 0.410 e. The van der Waals surface area contributed by atoms with Gasteiger partial charge in [0.1, 0.15) is 5.60 Å². The van der Waals surface area contributed by atoms with E-state index in [4.69, 9.17) is 10.3 Å². The van der Waals surface area contributed by atoms with Gasteiger partial charge in [0.2, 0.25) is 0 Å². The van der Waals surface area contributed by atoms with Crippen LogP contribution < -0.4 is 0 Å². The molecule has 0 aliphatic carbocycles. The minimum absolute atomic E-state index is 0.0102. The molecule has 1 amide bonds. The molecule has 0 aromatic heterocycles. The normalized spacial score (nSPS) is 19.4. The number of carbonyl (C=O) groups is 1. The summed E-state index contributed by atoms with van der Waals surface area (Å²) in [6.45, 7) is 5.71. The molecule has 1 aliphatic heterocycles. The number of azide groups is 1. The largest absolute Gasteiger partial charge is 0.444 e. The molecule has 0 spiro atoms. The Balaban J connectivity index is 2.52. The van der Waals surface area contributed by atoms with Gasteiger partial charge in [-0.15, -0.1) is 0 Å². The van der Waals surface area contributed by atoms with E-state index < -0.39 is 17.5 Å². The summed E-state index contributed by atoms with van der Waals surface area (Å²) in [5, 5.41) is 3.12. The first-order valence-corrected chi connectivity index (χ1v) is 5.49. The number of ether oxygens (including phenoxy) is 1. The van der Waals surface area contributed by atoms with E-state index in [0.29, 0.717) is 0 Å². The Labute approximate surface area is 99.4 Å². The number of rotatable bonds is 1. The van der Waals surface area contributed by atoms with Crippen LogP contribution in [0.2, 0.25) is 0 Å². The highest BCUT2D eigenvalue weighted by molar-refractivity contribution is 5.68. The molecule has 0 unspecified atom stereocenters. The van der Waals surface area contributed by atoms with Crippen LogP contribution in [0.3, 0.4) is 0 Å². The van der Waals surface area contributed by atoms with E-state index in [1.165, 1.54) is 4.90 Å². The molecule has 7 heteroatoms. The molecule has 0 atom stereocenters. The highest BCUT2D eigenvalue weighted by Gasteiger charge is 2.36. The van der Waals surface area contributed by atoms with Crippen LogP contribution in [0.15, 0.2) is 5.11 Å². The van der Waals surface area contributed by atoms with E-state index in [0.717, 1.165) is 0 Å². The summed E-state index contributed by atoms with van der Waals surface area (Å²) in [6, 6.07) is 0. The fourth-order valence-electron chi connectivity index (χ4n) is 1.54. The van der Waals surface area contributed by atoms with Crippen molar-refractivity contribution in [2.24, 2.45) is 5.11 Å². The smallest absolute Gasteiger partial charge is 0.410 e. The van der Waals surface area contributed by atoms with Gasteiger partial charge in [0.15, 0.2) is 5.79 Å². The molecule has 0 radical (unpaired) electrons. The Morgan fingerprint density at radius 1 is 1.47 bits per heavy atom. The van der Waals surface area contributed by atoms with Gasteiger partial charge in [0, 0.05) is 30.8 Å². The first-order valence-electron chi connectivity index (χ1n) is 5.49. The quantitative estimate of drug-likeness (QED) is 0.307. The molecule has 6 nitrogen and oxygen atoms in total. The average molecular weight is 244 g/mol. The summed E-state index contributed by atoms with van der Waals surface area (Å²) in [5.74, 6) is -1.87. The summed E-state index contributed by atoms with van der Waals surface area (Å²) < 4.78 is 18.9. The summed E-state index contributed by atoms with van der Waals surface area (Å²) in [4.78, 5) is 15.6. The van der Waals surface area contributed by atoms with Crippen LogP contribution in [-0.2, 0) is 4.74 Å². The van der Waals surface area contributed by atoms with Crippen LogP contribution in [0.1, 0.15) is 33.6 Å². The Hall–Kier alpha value is -1.49. The molecule has 0 aromatic carbocycles. The number of halogens is 1. The second-order valence-electron chi connectivity index (χ2n) is 5.07. The number of hydrogen-bond acceptors (Lipinski definition) is 3. The SMILES string of the molecule is CC(C)(C)OC(=O)N1CCC(F)(N=[N+]=[N-])CC1. The third kappa shape index (κ3) is 4.11. The van der Waals surface area contributed by atoms with Crippen LogP contribution in [0.4, 0.5) is 9.18 Å². The van der Waals surface area contributed by atoms with Crippen molar-refractivity contribution in [1.82, 2.24) is 4.90 Å². The molecule has 1 rings (SSSR count). The predicted molar refractivity (Wildman–Crippen MR) is 60.0 cm³/mol. The Kier molecular flexibility index (Phi) is 3.83. The van der Waals surface area contributed by atoms with Gasteiger partial charge in [-0.3, -0.25) is 0 Å². The topological polar surface area (TPSA) is 78.3 Å². The average Bonchev–Trinajstić information content (AvgIpc) is 2.15. The molecule has 0 bridgehead atoms. The van der Waals surface area contributed by atoms with Crippen LogP contribution in [0, 0.1) is 0 Å². The lowest BCUT2D eigenvalue weighted by molar-refractivity contribution is 0.00468. The third-order valence-electron chi connectivity index (χ3n) is 2.41. The lowest BCUT2D eigenvalue weighted by Crippen LogP contribution is -2.45. The predicted octanol–water partition coefficient (Wildman–Crippen LogP) is 2.99. The van der Waals surface area contributed by atoms with Crippen molar-refractivity contribution in [3.05, 3.63) is 10.4 Å². The van der Waals surface area contributed by atoms with Gasteiger partial charge in [-0.2, -0.15) is 0 Å².